The molecule has 166 valence electrons. The van der Waals surface area contributed by atoms with E-state index in [9.17, 15) is 9.59 Å². The first kappa shape index (κ1) is 24.2. The third-order valence-corrected chi connectivity index (χ3v) is 4.55. The number of aromatic nitrogens is 1. The van der Waals surface area contributed by atoms with Crippen LogP contribution in [0.25, 0.3) is 23.4 Å². The van der Waals surface area contributed by atoms with Gasteiger partial charge >= 0.3 is 11.9 Å². The molecule has 1 heterocycles. The van der Waals surface area contributed by atoms with Crippen LogP contribution in [0.2, 0.25) is 0 Å². The minimum Gasteiger partial charge on any atom is -0.462 e. The van der Waals surface area contributed by atoms with Gasteiger partial charge in [-0.2, -0.15) is 0 Å². The molecule has 5 nitrogen and oxygen atoms in total. The molecule has 0 aliphatic heterocycles. The Morgan fingerprint density at radius 1 is 0.903 bits per heavy atom. The summed E-state index contributed by atoms with van der Waals surface area (Å²) in [5.74, 6) is -0.229. The summed E-state index contributed by atoms with van der Waals surface area (Å²) in [4.78, 5) is 24.1. The van der Waals surface area contributed by atoms with Crippen LogP contribution in [0.4, 0.5) is 0 Å². The van der Waals surface area contributed by atoms with E-state index < -0.39 is 5.97 Å². The first-order chi connectivity index (χ1) is 14.7. The van der Waals surface area contributed by atoms with Gasteiger partial charge in [0.05, 0.1) is 13.2 Å². The fraction of sp³-hybridized carbons (Fsp3) is 0.385. The van der Waals surface area contributed by atoms with E-state index in [4.69, 9.17) is 9.47 Å². The van der Waals surface area contributed by atoms with E-state index in [1.54, 1.807) is 12.2 Å². The summed E-state index contributed by atoms with van der Waals surface area (Å²) in [6, 6.07) is 10.2. The molecular weight excluding hydrogens is 390 g/mol. The number of carbonyl (C=O) groups excluding carboxylic acids is 2. The van der Waals surface area contributed by atoms with Crippen LogP contribution >= 0.6 is 0 Å². The third kappa shape index (κ3) is 7.59. The molecule has 0 aliphatic rings. The van der Waals surface area contributed by atoms with Crippen molar-refractivity contribution in [1.29, 1.82) is 0 Å². The fourth-order valence-corrected chi connectivity index (χ4v) is 2.88. The van der Waals surface area contributed by atoms with Crippen LogP contribution in [0.1, 0.15) is 44.5 Å². The summed E-state index contributed by atoms with van der Waals surface area (Å²) in [6.07, 6.45) is 6.29. The lowest BCUT2D eigenvalue weighted by atomic mass is 10.1. The Morgan fingerprint density at radius 2 is 1.42 bits per heavy atom. The summed E-state index contributed by atoms with van der Waals surface area (Å²) < 4.78 is 12.5. The van der Waals surface area contributed by atoms with Crippen molar-refractivity contribution in [2.75, 3.05) is 13.2 Å². The molecule has 0 N–H and O–H groups in total. The van der Waals surface area contributed by atoms with E-state index in [0.29, 0.717) is 13.2 Å². The van der Waals surface area contributed by atoms with Crippen molar-refractivity contribution >= 4 is 24.1 Å². The maximum absolute atomic E-state index is 12.1. The molecule has 1 aromatic carbocycles. The van der Waals surface area contributed by atoms with Crippen molar-refractivity contribution in [3.8, 4) is 11.3 Å². The molecule has 1 aromatic heterocycles. The van der Waals surface area contributed by atoms with Crippen LogP contribution in [0.5, 0.6) is 0 Å². The highest BCUT2D eigenvalue weighted by atomic mass is 16.5. The number of esters is 2. The highest BCUT2D eigenvalue weighted by Gasteiger charge is 2.12. The van der Waals surface area contributed by atoms with Crippen LogP contribution in [-0.2, 0) is 26.1 Å². The molecule has 0 saturated carbocycles. The average Bonchev–Trinajstić information content (AvgIpc) is 3.03. The van der Waals surface area contributed by atoms with Crippen LogP contribution < -0.4 is 0 Å². The smallest absolute Gasteiger partial charge is 0.330 e. The molecule has 0 saturated heterocycles. The van der Waals surface area contributed by atoms with E-state index >= 15 is 0 Å². The zero-order valence-electron chi connectivity index (χ0n) is 19.3. The van der Waals surface area contributed by atoms with Crippen molar-refractivity contribution in [1.82, 2.24) is 4.57 Å². The molecule has 5 heteroatoms. The lowest BCUT2D eigenvalue weighted by molar-refractivity contribution is -0.139. The van der Waals surface area contributed by atoms with Crippen LogP contribution in [-0.4, -0.2) is 29.7 Å². The van der Waals surface area contributed by atoms with Gasteiger partial charge in [-0.1, -0.05) is 57.5 Å². The summed E-state index contributed by atoms with van der Waals surface area (Å²) in [7, 11) is 1.93. The summed E-state index contributed by atoms with van der Waals surface area (Å²) in [5, 5.41) is 0. The van der Waals surface area contributed by atoms with Gasteiger partial charge in [-0.05, 0) is 42.5 Å². The van der Waals surface area contributed by atoms with E-state index in [1.165, 1.54) is 17.7 Å². The Hall–Kier alpha value is -3.08. The van der Waals surface area contributed by atoms with Crippen molar-refractivity contribution in [2.24, 2.45) is 18.9 Å². The van der Waals surface area contributed by atoms with Gasteiger partial charge in [-0.25, -0.2) is 9.59 Å². The Balaban J connectivity index is 2.34. The Morgan fingerprint density at radius 3 is 1.94 bits per heavy atom. The van der Waals surface area contributed by atoms with E-state index in [0.717, 1.165) is 22.5 Å². The molecule has 0 aliphatic carbocycles. The van der Waals surface area contributed by atoms with Crippen molar-refractivity contribution < 1.29 is 19.1 Å². The second-order valence-electron chi connectivity index (χ2n) is 8.51. The molecule has 0 spiro atoms. The molecule has 0 bridgehead atoms. The molecule has 0 fully saturated rings. The third-order valence-electron chi connectivity index (χ3n) is 4.55. The quantitative estimate of drug-likeness (QED) is 0.399. The van der Waals surface area contributed by atoms with Crippen molar-refractivity contribution in [3.63, 3.8) is 0 Å². The SMILES string of the molecule is Cc1ccc(-c2cc(/C=C/C(=O)OCC(C)C)c(/C=C/C(=O)OCC(C)C)n2C)cc1. The second-order valence-corrected chi connectivity index (χ2v) is 8.51. The topological polar surface area (TPSA) is 57.5 Å². The molecule has 2 aromatic rings. The number of ether oxygens (including phenoxy) is 2. The van der Waals surface area contributed by atoms with Gasteiger partial charge in [0.15, 0.2) is 0 Å². The largest absolute Gasteiger partial charge is 0.462 e. The molecule has 0 atom stereocenters. The number of aryl methyl sites for hydroxylation is 1. The molecule has 0 unspecified atom stereocenters. The maximum Gasteiger partial charge on any atom is 0.330 e. The van der Waals surface area contributed by atoms with Gasteiger partial charge in [0.25, 0.3) is 0 Å². The Labute approximate surface area is 185 Å². The molecule has 0 amide bonds. The minimum atomic E-state index is -0.391. The van der Waals surface area contributed by atoms with Gasteiger partial charge in [0.2, 0.25) is 0 Å². The number of hydrogen-bond acceptors (Lipinski definition) is 4. The predicted molar refractivity (Wildman–Crippen MR) is 125 cm³/mol. The number of hydrogen-bond donors (Lipinski definition) is 0. The normalized spacial score (nSPS) is 11.7. The van der Waals surface area contributed by atoms with Gasteiger partial charge < -0.3 is 14.0 Å². The van der Waals surface area contributed by atoms with Gasteiger partial charge in [-0.3, -0.25) is 0 Å². The molecular formula is C26H33NO4. The monoisotopic (exact) mass is 423 g/mol. The molecule has 31 heavy (non-hydrogen) atoms. The molecule has 0 radical (unpaired) electrons. The van der Waals surface area contributed by atoms with E-state index in [-0.39, 0.29) is 17.8 Å². The standard InChI is InChI=1S/C26H33NO4/c1-18(2)16-30-25(28)13-11-22-15-24(21-9-7-20(5)8-10-21)27(6)23(22)12-14-26(29)31-17-19(3)4/h7-15,18-19H,16-17H2,1-6H3/b13-11+,14-12+. The van der Waals surface area contributed by atoms with Gasteiger partial charge in [-0.15, -0.1) is 0 Å². The van der Waals surface area contributed by atoms with Crippen LogP contribution in [0, 0.1) is 18.8 Å². The summed E-state index contributed by atoms with van der Waals surface area (Å²) >= 11 is 0. The number of rotatable bonds is 9. The highest BCUT2D eigenvalue weighted by Crippen LogP contribution is 2.27. The zero-order valence-corrected chi connectivity index (χ0v) is 19.3. The van der Waals surface area contributed by atoms with Gasteiger partial charge in [0.1, 0.15) is 0 Å². The minimum absolute atomic E-state index is 0.274. The predicted octanol–water partition coefficient (Wildman–Crippen LogP) is 5.43. The van der Waals surface area contributed by atoms with Crippen molar-refractivity contribution in [3.05, 3.63) is 59.3 Å². The Kier molecular flexibility index (Phi) is 8.86. The summed E-state index contributed by atoms with van der Waals surface area (Å²) in [5.41, 5.74) is 4.81. The van der Waals surface area contributed by atoms with Crippen LogP contribution in [0.15, 0.2) is 42.5 Å². The fourth-order valence-electron chi connectivity index (χ4n) is 2.88. The van der Waals surface area contributed by atoms with Crippen LogP contribution in [0.3, 0.4) is 0 Å². The Bertz CT molecular complexity index is 947. The lowest BCUT2D eigenvalue weighted by Crippen LogP contribution is -2.07. The van der Waals surface area contributed by atoms with E-state index in [2.05, 4.69) is 24.3 Å². The zero-order chi connectivity index (χ0) is 23.0. The number of nitrogens with zero attached hydrogens (tertiary/aromatic N) is 1. The average molecular weight is 424 g/mol. The highest BCUT2D eigenvalue weighted by molar-refractivity contribution is 5.91. The van der Waals surface area contributed by atoms with Crippen molar-refractivity contribution in [2.45, 2.75) is 34.6 Å². The number of benzene rings is 1. The first-order valence-electron chi connectivity index (χ1n) is 10.6. The second kappa shape index (κ2) is 11.3. The summed E-state index contributed by atoms with van der Waals surface area (Å²) in [6.45, 7) is 10.8. The first-order valence-corrected chi connectivity index (χ1v) is 10.6. The van der Waals surface area contributed by atoms with E-state index in [1.807, 2.05) is 52.3 Å². The molecule has 2 rings (SSSR count). The number of carbonyl (C=O) groups is 2. The lowest BCUT2D eigenvalue weighted by Gasteiger charge is -2.07. The van der Waals surface area contributed by atoms with Gasteiger partial charge in [0, 0.05) is 36.2 Å². The maximum atomic E-state index is 12.1.